The van der Waals surface area contributed by atoms with Crippen LogP contribution in [0, 0.1) is 0 Å². The largest absolute Gasteiger partial charge is 0.496 e. The van der Waals surface area contributed by atoms with Crippen LogP contribution in [0.1, 0.15) is 17.1 Å². The van der Waals surface area contributed by atoms with E-state index >= 15 is 0 Å². The first-order valence-electron chi connectivity index (χ1n) is 5.04. The molecule has 1 aromatic heterocycles. The standard InChI is InChI=1S/C12H13ClN2O/c1-16-11-5-3-2-4-9(11)6-12-14-8-10(7-13)15-12/h2-5,8H,6-7H2,1H3,(H,14,15). The zero-order valence-corrected chi connectivity index (χ0v) is 9.79. The molecule has 0 atom stereocenters. The maximum Gasteiger partial charge on any atom is 0.122 e. The lowest BCUT2D eigenvalue weighted by Crippen LogP contribution is -1.95. The monoisotopic (exact) mass is 236 g/mol. The second-order valence-corrected chi connectivity index (χ2v) is 3.74. The van der Waals surface area contributed by atoms with Crippen LogP contribution in [-0.2, 0) is 12.3 Å². The van der Waals surface area contributed by atoms with E-state index in [2.05, 4.69) is 9.97 Å². The molecule has 4 heteroatoms. The summed E-state index contributed by atoms with van der Waals surface area (Å²) < 4.78 is 5.28. The van der Waals surface area contributed by atoms with Gasteiger partial charge >= 0.3 is 0 Å². The number of aromatic amines is 1. The molecule has 0 saturated carbocycles. The number of ether oxygens (including phenoxy) is 1. The number of aromatic nitrogens is 2. The van der Waals surface area contributed by atoms with Crippen LogP contribution < -0.4 is 4.74 Å². The number of hydrogen-bond donors (Lipinski definition) is 1. The van der Waals surface area contributed by atoms with Gasteiger partial charge in [-0.15, -0.1) is 11.6 Å². The highest BCUT2D eigenvalue weighted by Gasteiger charge is 2.05. The maximum absolute atomic E-state index is 5.71. The van der Waals surface area contributed by atoms with Crippen molar-refractivity contribution in [3.8, 4) is 5.75 Å². The molecule has 0 spiro atoms. The van der Waals surface area contributed by atoms with Crippen LogP contribution >= 0.6 is 11.6 Å². The van der Waals surface area contributed by atoms with Gasteiger partial charge in [0.2, 0.25) is 0 Å². The first-order chi connectivity index (χ1) is 7.83. The number of hydrogen-bond acceptors (Lipinski definition) is 2. The Morgan fingerprint density at radius 1 is 1.38 bits per heavy atom. The Balaban J connectivity index is 2.19. The summed E-state index contributed by atoms with van der Waals surface area (Å²) in [5, 5.41) is 0. The van der Waals surface area contributed by atoms with Crippen molar-refractivity contribution >= 4 is 11.6 Å². The summed E-state index contributed by atoms with van der Waals surface area (Å²) in [6.07, 6.45) is 2.48. The molecule has 0 aliphatic rings. The Labute approximate surface area is 99.4 Å². The zero-order chi connectivity index (χ0) is 11.4. The number of alkyl halides is 1. The van der Waals surface area contributed by atoms with Crippen LogP contribution in [0.5, 0.6) is 5.75 Å². The molecule has 0 bridgehead atoms. The van der Waals surface area contributed by atoms with Gasteiger partial charge in [-0.05, 0) is 6.07 Å². The summed E-state index contributed by atoms with van der Waals surface area (Å²) >= 11 is 5.71. The Morgan fingerprint density at radius 3 is 2.88 bits per heavy atom. The van der Waals surface area contributed by atoms with E-state index in [9.17, 15) is 0 Å². The molecule has 0 saturated heterocycles. The summed E-state index contributed by atoms with van der Waals surface area (Å²) in [5.74, 6) is 2.24. The van der Waals surface area contributed by atoms with Gasteiger partial charge in [-0.25, -0.2) is 4.98 Å². The van der Waals surface area contributed by atoms with E-state index in [-0.39, 0.29) is 0 Å². The fourth-order valence-corrected chi connectivity index (χ4v) is 1.73. The molecule has 0 aliphatic carbocycles. The molecule has 3 nitrogen and oxygen atoms in total. The number of nitrogens with one attached hydrogen (secondary N) is 1. The molecule has 0 aliphatic heterocycles. The van der Waals surface area contributed by atoms with Gasteiger partial charge in [0.05, 0.1) is 13.0 Å². The molecular weight excluding hydrogens is 224 g/mol. The van der Waals surface area contributed by atoms with E-state index in [1.165, 1.54) is 0 Å². The Morgan fingerprint density at radius 2 is 2.19 bits per heavy atom. The first kappa shape index (κ1) is 11.0. The van der Waals surface area contributed by atoms with E-state index in [4.69, 9.17) is 16.3 Å². The summed E-state index contributed by atoms with van der Waals surface area (Å²) in [6, 6.07) is 7.92. The van der Waals surface area contributed by atoms with Crippen molar-refractivity contribution in [1.29, 1.82) is 0 Å². The predicted octanol–water partition coefficient (Wildman–Crippen LogP) is 2.75. The summed E-state index contributed by atoms with van der Waals surface area (Å²) in [6.45, 7) is 0. The molecule has 0 radical (unpaired) electrons. The molecular formula is C12H13ClN2O. The Kier molecular flexibility index (Phi) is 3.47. The molecule has 16 heavy (non-hydrogen) atoms. The quantitative estimate of drug-likeness (QED) is 0.829. The second kappa shape index (κ2) is 5.03. The van der Waals surface area contributed by atoms with Crippen molar-refractivity contribution in [3.05, 3.63) is 47.5 Å². The SMILES string of the molecule is COc1ccccc1Cc1ncc(CCl)[nH]1. The molecule has 1 heterocycles. The van der Waals surface area contributed by atoms with Gasteiger partial charge in [0.1, 0.15) is 11.6 Å². The minimum Gasteiger partial charge on any atom is -0.496 e. The Hall–Kier alpha value is -1.48. The highest BCUT2D eigenvalue weighted by atomic mass is 35.5. The average Bonchev–Trinajstić information content (AvgIpc) is 2.77. The minimum absolute atomic E-state index is 0.457. The van der Waals surface area contributed by atoms with Crippen molar-refractivity contribution in [2.45, 2.75) is 12.3 Å². The van der Waals surface area contributed by atoms with E-state index in [0.29, 0.717) is 5.88 Å². The number of H-pyrrole nitrogens is 1. The number of benzene rings is 1. The molecule has 1 aromatic carbocycles. The zero-order valence-electron chi connectivity index (χ0n) is 9.03. The number of imidazole rings is 1. The molecule has 2 aromatic rings. The van der Waals surface area contributed by atoms with Gasteiger partial charge in [-0.3, -0.25) is 0 Å². The third-order valence-corrected chi connectivity index (χ3v) is 2.66. The number of rotatable bonds is 4. The van der Waals surface area contributed by atoms with Crippen LogP contribution in [0.2, 0.25) is 0 Å². The van der Waals surface area contributed by atoms with Gasteiger partial charge in [0.15, 0.2) is 0 Å². The maximum atomic E-state index is 5.71. The van der Waals surface area contributed by atoms with E-state index in [1.807, 2.05) is 24.3 Å². The van der Waals surface area contributed by atoms with Crippen molar-refractivity contribution in [2.24, 2.45) is 0 Å². The minimum atomic E-state index is 0.457. The number of halogens is 1. The third-order valence-electron chi connectivity index (χ3n) is 2.38. The van der Waals surface area contributed by atoms with Crippen molar-refractivity contribution in [1.82, 2.24) is 9.97 Å². The van der Waals surface area contributed by atoms with Crippen molar-refractivity contribution in [3.63, 3.8) is 0 Å². The van der Waals surface area contributed by atoms with Gasteiger partial charge < -0.3 is 9.72 Å². The molecule has 2 rings (SSSR count). The summed E-state index contributed by atoms with van der Waals surface area (Å²) in [4.78, 5) is 7.43. The van der Waals surface area contributed by atoms with Crippen LogP contribution in [-0.4, -0.2) is 17.1 Å². The molecule has 0 amide bonds. The second-order valence-electron chi connectivity index (χ2n) is 3.48. The average molecular weight is 237 g/mol. The normalized spacial score (nSPS) is 10.4. The fraction of sp³-hybridized carbons (Fsp3) is 0.250. The highest BCUT2D eigenvalue weighted by Crippen LogP contribution is 2.19. The topological polar surface area (TPSA) is 37.9 Å². The van der Waals surface area contributed by atoms with Crippen LogP contribution in [0.25, 0.3) is 0 Å². The Bertz CT molecular complexity index is 468. The predicted molar refractivity (Wildman–Crippen MR) is 63.9 cm³/mol. The number of para-hydroxylation sites is 1. The fourth-order valence-electron chi connectivity index (χ4n) is 1.59. The first-order valence-corrected chi connectivity index (χ1v) is 5.57. The summed E-state index contributed by atoms with van der Waals surface area (Å²) in [7, 11) is 1.67. The van der Waals surface area contributed by atoms with Gasteiger partial charge in [0, 0.05) is 23.9 Å². The summed E-state index contributed by atoms with van der Waals surface area (Å²) in [5.41, 5.74) is 2.05. The lowest BCUT2D eigenvalue weighted by molar-refractivity contribution is 0.410. The van der Waals surface area contributed by atoms with Crippen LogP contribution in [0.4, 0.5) is 0 Å². The third kappa shape index (κ3) is 2.36. The molecule has 84 valence electrons. The van der Waals surface area contributed by atoms with Crippen LogP contribution in [0.15, 0.2) is 30.5 Å². The van der Waals surface area contributed by atoms with Gasteiger partial charge in [0.25, 0.3) is 0 Å². The van der Waals surface area contributed by atoms with E-state index in [0.717, 1.165) is 29.3 Å². The lowest BCUT2D eigenvalue weighted by atomic mass is 10.1. The van der Waals surface area contributed by atoms with Crippen LogP contribution in [0.3, 0.4) is 0 Å². The van der Waals surface area contributed by atoms with Gasteiger partial charge in [-0.2, -0.15) is 0 Å². The number of nitrogens with zero attached hydrogens (tertiary/aromatic N) is 1. The molecule has 1 N–H and O–H groups in total. The van der Waals surface area contributed by atoms with Crippen molar-refractivity contribution in [2.75, 3.05) is 7.11 Å². The van der Waals surface area contributed by atoms with Gasteiger partial charge in [-0.1, -0.05) is 18.2 Å². The smallest absolute Gasteiger partial charge is 0.122 e. The molecule has 0 unspecified atom stereocenters. The van der Waals surface area contributed by atoms with E-state index in [1.54, 1.807) is 13.3 Å². The number of methoxy groups -OCH3 is 1. The molecule has 0 fully saturated rings. The van der Waals surface area contributed by atoms with E-state index < -0.39 is 0 Å². The highest BCUT2D eigenvalue weighted by molar-refractivity contribution is 6.16. The lowest BCUT2D eigenvalue weighted by Gasteiger charge is -2.05. The van der Waals surface area contributed by atoms with Crippen molar-refractivity contribution < 1.29 is 4.74 Å².